The summed E-state index contributed by atoms with van der Waals surface area (Å²) in [6.45, 7) is 4.47. The number of aldehydes is 1. The molecule has 2 amide bonds. The fourth-order valence-corrected chi connectivity index (χ4v) is 2.86. The van der Waals surface area contributed by atoms with Crippen LogP contribution in [-0.4, -0.2) is 43.5 Å². The van der Waals surface area contributed by atoms with E-state index in [0.29, 0.717) is 37.6 Å². The number of carbonyl (C=O) groups excluding carboxylic acids is 2. The smallest absolute Gasteiger partial charge is 0.324 e. The van der Waals surface area contributed by atoms with Crippen LogP contribution in [0.5, 0.6) is 5.75 Å². The molecule has 5 nitrogen and oxygen atoms in total. The third-order valence-electron chi connectivity index (χ3n) is 4.40. The van der Waals surface area contributed by atoms with Crippen LogP contribution >= 0.6 is 0 Å². The van der Waals surface area contributed by atoms with Crippen molar-refractivity contribution in [2.75, 3.05) is 31.1 Å². The van der Waals surface area contributed by atoms with Crippen molar-refractivity contribution in [2.45, 2.75) is 13.3 Å². The molecule has 0 spiro atoms. The highest BCUT2D eigenvalue weighted by Gasteiger charge is 2.29. The molecule has 1 saturated heterocycles. The molecule has 1 heterocycles. The maximum atomic E-state index is 12.5. The lowest BCUT2D eigenvalue weighted by molar-refractivity contribution is 0.112. The van der Waals surface area contributed by atoms with E-state index in [1.165, 1.54) is 5.56 Å². The molecule has 3 rings (SSSR count). The minimum Gasteiger partial charge on any atom is -0.492 e. The summed E-state index contributed by atoms with van der Waals surface area (Å²) in [7, 11) is 0. The lowest BCUT2D eigenvalue weighted by atomic mass is 10.1. The first-order chi connectivity index (χ1) is 12.2. The Kier molecular flexibility index (Phi) is 5.33. The molecule has 2 aromatic rings. The maximum absolute atomic E-state index is 12.5. The first-order valence-corrected chi connectivity index (χ1v) is 8.54. The molecular formula is C20H22N2O3. The monoisotopic (exact) mass is 338 g/mol. The van der Waals surface area contributed by atoms with Crippen molar-refractivity contribution in [3.05, 3.63) is 59.7 Å². The van der Waals surface area contributed by atoms with Gasteiger partial charge in [0.25, 0.3) is 0 Å². The first kappa shape index (κ1) is 17.0. The number of rotatable bonds is 7. The zero-order valence-electron chi connectivity index (χ0n) is 14.4. The lowest BCUT2D eigenvalue weighted by Crippen LogP contribution is -2.34. The zero-order valence-corrected chi connectivity index (χ0v) is 14.4. The van der Waals surface area contributed by atoms with Gasteiger partial charge in [-0.1, -0.05) is 19.1 Å². The largest absolute Gasteiger partial charge is 0.492 e. The third kappa shape index (κ3) is 3.99. The molecule has 25 heavy (non-hydrogen) atoms. The summed E-state index contributed by atoms with van der Waals surface area (Å²) in [6.07, 6.45) is 1.79. The van der Waals surface area contributed by atoms with Crippen LogP contribution < -0.4 is 9.64 Å². The molecule has 0 unspecified atom stereocenters. The molecular weight excluding hydrogens is 316 g/mol. The van der Waals surface area contributed by atoms with Gasteiger partial charge in [0, 0.05) is 24.3 Å². The van der Waals surface area contributed by atoms with Crippen molar-refractivity contribution in [3.8, 4) is 5.75 Å². The molecule has 1 aliphatic rings. The number of aryl methyl sites for hydroxylation is 1. The van der Waals surface area contributed by atoms with E-state index in [-0.39, 0.29) is 6.03 Å². The molecule has 0 aromatic heterocycles. The highest BCUT2D eigenvalue weighted by molar-refractivity contribution is 5.94. The number of anilines is 1. The van der Waals surface area contributed by atoms with Crippen LogP contribution in [0.15, 0.2) is 48.5 Å². The molecule has 0 aliphatic carbocycles. The number of hydrogen-bond acceptors (Lipinski definition) is 3. The normalized spacial score (nSPS) is 14.0. The van der Waals surface area contributed by atoms with Crippen LogP contribution in [0.2, 0.25) is 0 Å². The molecule has 130 valence electrons. The van der Waals surface area contributed by atoms with Gasteiger partial charge in [0.2, 0.25) is 0 Å². The van der Waals surface area contributed by atoms with Gasteiger partial charge in [0.1, 0.15) is 18.6 Å². The first-order valence-electron chi connectivity index (χ1n) is 8.54. The van der Waals surface area contributed by atoms with Crippen molar-refractivity contribution >= 4 is 18.0 Å². The Morgan fingerprint density at radius 3 is 2.40 bits per heavy atom. The van der Waals surface area contributed by atoms with E-state index in [0.717, 1.165) is 18.4 Å². The second-order valence-electron chi connectivity index (χ2n) is 5.98. The zero-order chi connectivity index (χ0) is 17.6. The van der Waals surface area contributed by atoms with Gasteiger partial charge in [-0.25, -0.2) is 4.79 Å². The van der Waals surface area contributed by atoms with Crippen molar-refractivity contribution in [3.63, 3.8) is 0 Å². The van der Waals surface area contributed by atoms with E-state index in [9.17, 15) is 9.59 Å². The average Bonchev–Trinajstić information content (AvgIpc) is 3.03. The van der Waals surface area contributed by atoms with E-state index >= 15 is 0 Å². The van der Waals surface area contributed by atoms with Gasteiger partial charge in [-0.2, -0.15) is 0 Å². The van der Waals surface area contributed by atoms with Gasteiger partial charge in [-0.15, -0.1) is 0 Å². The van der Waals surface area contributed by atoms with E-state index < -0.39 is 0 Å². The number of nitrogens with zero attached hydrogens (tertiary/aromatic N) is 2. The standard InChI is InChI=1S/C20H22N2O3/c1-2-16-3-7-18(8-4-16)22-12-11-21(20(22)24)13-14-25-19-9-5-17(15-23)6-10-19/h3-10,15H,2,11-14H2,1H3. The van der Waals surface area contributed by atoms with E-state index in [2.05, 4.69) is 19.1 Å². The Morgan fingerprint density at radius 1 is 1.04 bits per heavy atom. The Hall–Kier alpha value is -2.82. The predicted molar refractivity (Wildman–Crippen MR) is 97.5 cm³/mol. The molecule has 0 atom stereocenters. The molecule has 1 aliphatic heterocycles. The van der Waals surface area contributed by atoms with Crippen LogP contribution in [0.1, 0.15) is 22.8 Å². The van der Waals surface area contributed by atoms with Crippen molar-refractivity contribution in [1.82, 2.24) is 4.90 Å². The Balaban J connectivity index is 1.52. The second kappa shape index (κ2) is 7.83. The minimum atomic E-state index is 0.0177. The van der Waals surface area contributed by atoms with Crippen LogP contribution in [0, 0.1) is 0 Å². The third-order valence-corrected chi connectivity index (χ3v) is 4.40. The quantitative estimate of drug-likeness (QED) is 0.727. The Morgan fingerprint density at radius 2 is 1.76 bits per heavy atom. The number of benzene rings is 2. The van der Waals surface area contributed by atoms with Gasteiger partial charge in [0.05, 0.1) is 6.54 Å². The van der Waals surface area contributed by atoms with Gasteiger partial charge in [0.15, 0.2) is 0 Å². The molecule has 0 saturated carbocycles. The molecule has 5 heteroatoms. The van der Waals surface area contributed by atoms with Crippen molar-refractivity contribution in [2.24, 2.45) is 0 Å². The summed E-state index contributed by atoms with van der Waals surface area (Å²) in [4.78, 5) is 26.8. The predicted octanol–water partition coefficient (Wildman–Crippen LogP) is 3.38. The topological polar surface area (TPSA) is 49.9 Å². The van der Waals surface area contributed by atoms with Crippen LogP contribution in [0.4, 0.5) is 10.5 Å². The average molecular weight is 338 g/mol. The number of carbonyl (C=O) groups is 2. The van der Waals surface area contributed by atoms with Crippen LogP contribution in [0.25, 0.3) is 0 Å². The lowest BCUT2D eigenvalue weighted by Gasteiger charge is -2.19. The highest BCUT2D eigenvalue weighted by Crippen LogP contribution is 2.21. The van der Waals surface area contributed by atoms with E-state index in [1.54, 1.807) is 34.1 Å². The van der Waals surface area contributed by atoms with Crippen LogP contribution in [-0.2, 0) is 6.42 Å². The van der Waals surface area contributed by atoms with Crippen LogP contribution in [0.3, 0.4) is 0 Å². The molecule has 2 aromatic carbocycles. The van der Waals surface area contributed by atoms with Gasteiger partial charge in [-0.3, -0.25) is 9.69 Å². The fraction of sp³-hybridized carbons (Fsp3) is 0.300. The SMILES string of the molecule is CCc1ccc(N2CCN(CCOc3ccc(C=O)cc3)C2=O)cc1. The summed E-state index contributed by atoms with van der Waals surface area (Å²) in [6, 6.07) is 15.1. The number of hydrogen-bond donors (Lipinski definition) is 0. The minimum absolute atomic E-state index is 0.0177. The van der Waals surface area contributed by atoms with Crippen molar-refractivity contribution < 1.29 is 14.3 Å². The number of ether oxygens (including phenoxy) is 1. The van der Waals surface area contributed by atoms with Crippen molar-refractivity contribution in [1.29, 1.82) is 0 Å². The number of amides is 2. The second-order valence-corrected chi connectivity index (χ2v) is 5.98. The number of urea groups is 1. The molecule has 0 radical (unpaired) electrons. The molecule has 1 fully saturated rings. The Labute approximate surface area is 147 Å². The molecule has 0 N–H and O–H groups in total. The van der Waals surface area contributed by atoms with Gasteiger partial charge < -0.3 is 9.64 Å². The fourth-order valence-electron chi connectivity index (χ4n) is 2.86. The van der Waals surface area contributed by atoms with Gasteiger partial charge >= 0.3 is 6.03 Å². The summed E-state index contributed by atoms with van der Waals surface area (Å²) in [5.74, 6) is 0.698. The molecule has 0 bridgehead atoms. The summed E-state index contributed by atoms with van der Waals surface area (Å²) in [5.41, 5.74) is 2.82. The van der Waals surface area contributed by atoms with E-state index in [4.69, 9.17) is 4.74 Å². The van der Waals surface area contributed by atoms with Gasteiger partial charge in [-0.05, 0) is 48.4 Å². The summed E-state index contributed by atoms with van der Waals surface area (Å²) < 4.78 is 5.66. The maximum Gasteiger partial charge on any atom is 0.324 e. The van der Waals surface area contributed by atoms with E-state index in [1.807, 2.05) is 12.1 Å². The summed E-state index contributed by atoms with van der Waals surface area (Å²) >= 11 is 0. The highest BCUT2D eigenvalue weighted by atomic mass is 16.5. The Bertz CT molecular complexity index is 726. The summed E-state index contributed by atoms with van der Waals surface area (Å²) in [5, 5.41) is 0.